The number of aromatic nitrogens is 3. The lowest BCUT2D eigenvalue weighted by molar-refractivity contribution is 0.0662. The van der Waals surface area contributed by atoms with Gasteiger partial charge in [-0.25, -0.2) is 4.98 Å². The molecule has 0 saturated carbocycles. The smallest absolute Gasteiger partial charge is 0.196 e. The summed E-state index contributed by atoms with van der Waals surface area (Å²) in [6, 6.07) is 9.24. The summed E-state index contributed by atoms with van der Waals surface area (Å²) >= 11 is 5.95. The molecule has 0 amide bonds. The van der Waals surface area contributed by atoms with Gasteiger partial charge in [-0.15, -0.1) is 0 Å². The van der Waals surface area contributed by atoms with Crippen LogP contribution in [0.15, 0.2) is 45.9 Å². The van der Waals surface area contributed by atoms with Crippen molar-refractivity contribution in [1.29, 1.82) is 5.26 Å². The summed E-state index contributed by atoms with van der Waals surface area (Å²) in [6.07, 6.45) is 5.50. The van der Waals surface area contributed by atoms with Gasteiger partial charge in [0.1, 0.15) is 22.6 Å². The molecule has 4 aromatic rings. The van der Waals surface area contributed by atoms with E-state index in [4.69, 9.17) is 20.8 Å². The van der Waals surface area contributed by atoms with Crippen molar-refractivity contribution in [1.82, 2.24) is 14.8 Å². The predicted molar refractivity (Wildman–Crippen MR) is 138 cm³/mol. The number of halogens is 1. The number of benzene rings is 1. The van der Waals surface area contributed by atoms with Crippen LogP contribution >= 0.6 is 11.6 Å². The Labute approximate surface area is 213 Å². The van der Waals surface area contributed by atoms with Gasteiger partial charge in [-0.1, -0.05) is 17.7 Å². The van der Waals surface area contributed by atoms with Crippen LogP contribution in [0.4, 0.5) is 5.69 Å². The third kappa shape index (κ3) is 4.48. The minimum atomic E-state index is -0.286. The number of fused-ring (bicyclic) bond motifs is 1. The first kappa shape index (κ1) is 24.0. The van der Waals surface area contributed by atoms with Gasteiger partial charge in [-0.05, 0) is 57.4 Å². The summed E-state index contributed by atoms with van der Waals surface area (Å²) in [7, 11) is 0. The van der Waals surface area contributed by atoms with Crippen LogP contribution in [0.1, 0.15) is 54.2 Å². The molecule has 4 heterocycles. The standard InChI is InChI=1S/C27H26ClN5O3/c1-15-10-20(17(3)31-22-4-5-24(28)32-23(22)12-29)27-21(11-15)25(34)16(2)26(36-27)18-13-30-33(14-18)19-6-8-35-9-7-19/h4-5,10-11,13-14,17,19,31H,6-9H2,1-3H3/t17-/m1/s1. The molecule has 1 saturated heterocycles. The maximum Gasteiger partial charge on any atom is 0.196 e. The quantitative estimate of drug-likeness (QED) is 0.347. The second-order valence-electron chi connectivity index (χ2n) is 9.18. The third-order valence-electron chi connectivity index (χ3n) is 6.63. The van der Waals surface area contributed by atoms with E-state index in [-0.39, 0.29) is 28.4 Å². The van der Waals surface area contributed by atoms with Crippen molar-refractivity contribution in [3.05, 3.63) is 74.4 Å². The minimum absolute atomic E-state index is 0.0758. The number of nitriles is 1. The molecule has 1 atom stereocenters. The monoisotopic (exact) mass is 503 g/mol. The van der Waals surface area contributed by atoms with Gasteiger partial charge in [-0.3, -0.25) is 9.48 Å². The molecule has 1 aliphatic heterocycles. The number of hydrogen-bond donors (Lipinski definition) is 1. The maximum absolute atomic E-state index is 13.5. The number of aryl methyl sites for hydroxylation is 1. The zero-order valence-corrected chi connectivity index (χ0v) is 21.1. The van der Waals surface area contributed by atoms with E-state index in [1.165, 1.54) is 0 Å². The van der Waals surface area contributed by atoms with Gasteiger partial charge >= 0.3 is 0 Å². The molecule has 36 heavy (non-hydrogen) atoms. The van der Waals surface area contributed by atoms with E-state index in [9.17, 15) is 10.1 Å². The first-order chi connectivity index (χ1) is 17.4. The van der Waals surface area contributed by atoms with E-state index in [1.54, 1.807) is 25.3 Å². The lowest BCUT2D eigenvalue weighted by atomic mass is 9.99. The number of nitrogens with one attached hydrogen (secondary N) is 1. The molecule has 8 nitrogen and oxygen atoms in total. The molecule has 1 aliphatic rings. The molecular formula is C27H26ClN5O3. The highest BCUT2D eigenvalue weighted by molar-refractivity contribution is 6.29. The van der Waals surface area contributed by atoms with Gasteiger partial charge < -0.3 is 14.5 Å². The van der Waals surface area contributed by atoms with Gasteiger partial charge in [0.15, 0.2) is 11.1 Å². The Kier molecular flexibility index (Phi) is 6.52. The summed E-state index contributed by atoms with van der Waals surface area (Å²) in [5.41, 5.74) is 4.23. The van der Waals surface area contributed by atoms with Crippen LogP contribution in [0.25, 0.3) is 22.3 Å². The number of pyridine rings is 1. The molecular weight excluding hydrogens is 478 g/mol. The Balaban J connectivity index is 1.59. The first-order valence-corrected chi connectivity index (χ1v) is 12.3. The average Bonchev–Trinajstić information content (AvgIpc) is 3.37. The van der Waals surface area contributed by atoms with Gasteiger partial charge in [0.2, 0.25) is 0 Å². The molecule has 1 N–H and O–H groups in total. The normalized spacial score (nSPS) is 15.1. The average molecular weight is 504 g/mol. The molecule has 1 fully saturated rings. The Hall–Kier alpha value is -3.67. The van der Waals surface area contributed by atoms with Gasteiger partial charge in [0.05, 0.1) is 34.9 Å². The Morgan fingerprint density at radius 3 is 2.78 bits per heavy atom. The van der Waals surface area contributed by atoms with Crippen molar-refractivity contribution >= 4 is 28.3 Å². The first-order valence-electron chi connectivity index (χ1n) is 11.9. The SMILES string of the molecule is Cc1cc([C@@H](C)Nc2ccc(Cl)nc2C#N)c2oc(-c3cnn(C4CCOCC4)c3)c(C)c(=O)c2c1. The van der Waals surface area contributed by atoms with Crippen molar-refractivity contribution in [2.24, 2.45) is 0 Å². The highest BCUT2D eigenvalue weighted by Gasteiger charge is 2.22. The van der Waals surface area contributed by atoms with Gasteiger partial charge in [0, 0.05) is 30.5 Å². The summed E-state index contributed by atoms with van der Waals surface area (Å²) in [4.78, 5) is 17.6. The second kappa shape index (κ2) is 9.76. The zero-order valence-electron chi connectivity index (χ0n) is 20.3. The number of hydrogen-bond acceptors (Lipinski definition) is 7. The number of ether oxygens (including phenoxy) is 1. The van der Waals surface area contributed by atoms with Crippen molar-refractivity contribution in [3.63, 3.8) is 0 Å². The van der Waals surface area contributed by atoms with Gasteiger partial charge in [-0.2, -0.15) is 10.4 Å². The summed E-state index contributed by atoms with van der Waals surface area (Å²) in [5, 5.41) is 18.1. The van der Waals surface area contributed by atoms with E-state index in [1.807, 2.05) is 36.9 Å². The summed E-state index contributed by atoms with van der Waals surface area (Å²) in [6.45, 7) is 7.12. The largest absolute Gasteiger partial charge is 0.455 e. The van der Waals surface area contributed by atoms with Crippen LogP contribution in [-0.2, 0) is 4.74 Å². The Morgan fingerprint density at radius 2 is 2.03 bits per heavy atom. The van der Waals surface area contributed by atoms with Crippen molar-refractivity contribution in [2.75, 3.05) is 18.5 Å². The predicted octanol–water partition coefficient (Wildman–Crippen LogP) is 5.72. The Bertz CT molecular complexity index is 1550. The van der Waals surface area contributed by atoms with Crippen LogP contribution in [0, 0.1) is 25.2 Å². The lowest BCUT2D eigenvalue weighted by Crippen LogP contribution is -2.19. The van der Waals surface area contributed by atoms with Crippen LogP contribution in [0.5, 0.6) is 0 Å². The van der Waals surface area contributed by atoms with E-state index in [0.29, 0.717) is 41.2 Å². The molecule has 9 heteroatoms. The highest BCUT2D eigenvalue weighted by atomic mass is 35.5. The highest BCUT2D eigenvalue weighted by Crippen LogP contribution is 2.33. The molecule has 0 spiro atoms. The molecule has 0 aliphatic carbocycles. The molecule has 3 aromatic heterocycles. The van der Waals surface area contributed by atoms with E-state index >= 15 is 0 Å². The zero-order chi connectivity index (χ0) is 25.4. The van der Waals surface area contributed by atoms with Crippen LogP contribution in [-0.4, -0.2) is 28.0 Å². The fourth-order valence-corrected chi connectivity index (χ4v) is 4.86. The van der Waals surface area contributed by atoms with Crippen LogP contribution in [0.2, 0.25) is 5.15 Å². The maximum atomic E-state index is 13.5. The molecule has 0 unspecified atom stereocenters. The number of anilines is 1. The minimum Gasteiger partial charge on any atom is -0.455 e. The van der Waals surface area contributed by atoms with Crippen molar-refractivity contribution < 1.29 is 9.15 Å². The van der Waals surface area contributed by atoms with Crippen LogP contribution < -0.4 is 10.7 Å². The molecule has 5 rings (SSSR count). The van der Waals surface area contributed by atoms with E-state index < -0.39 is 0 Å². The third-order valence-corrected chi connectivity index (χ3v) is 6.84. The fraction of sp³-hybridized carbons (Fsp3) is 0.333. The van der Waals surface area contributed by atoms with E-state index in [0.717, 1.165) is 29.5 Å². The number of rotatable bonds is 5. The number of nitrogens with zero attached hydrogens (tertiary/aromatic N) is 4. The van der Waals surface area contributed by atoms with Crippen molar-refractivity contribution in [3.8, 4) is 17.4 Å². The summed E-state index contributed by atoms with van der Waals surface area (Å²) in [5.74, 6) is 0.508. The van der Waals surface area contributed by atoms with Gasteiger partial charge in [0.25, 0.3) is 0 Å². The molecule has 0 bridgehead atoms. The lowest BCUT2D eigenvalue weighted by Gasteiger charge is -2.22. The molecule has 0 radical (unpaired) electrons. The fourth-order valence-electron chi connectivity index (χ4n) is 4.72. The van der Waals surface area contributed by atoms with Crippen molar-refractivity contribution in [2.45, 2.75) is 45.7 Å². The second-order valence-corrected chi connectivity index (χ2v) is 9.56. The van der Waals surface area contributed by atoms with Crippen LogP contribution in [0.3, 0.4) is 0 Å². The van der Waals surface area contributed by atoms with E-state index in [2.05, 4.69) is 21.5 Å². The molecule has 184 valence electrons. The topological polar surface area (TPSA) is 106 Å². The summed E-state index contributed by atoms with van der Waals surface area (Å²) < 4.78 is 13.9. The Morgan fingerprint density at radius 1 is 1.25 bits per heavy atom. The molecule has 1 aromatic carbocycles.